The average molecular weight is 386 g/mol. The van der Waals surface area contributed by atoms with Gasteiger partial charge in [0.2, 0.25) is 5.91 Å². The lowest BCUT2D eigenvalue weighted by Crippen LogP contribution is -2.56. The van der Waals surface area contributed by atoms with E-state index in [0.717, 1.165) is 44.1 Å². The number of thiophene rings is 1. The van der Waals surface area contributed by atoms with Gasteiger partial charge in [0.25, 0.3) is 5.91 Å². The van der Waals surface area contributed by atoms with Crippen molar-refractivity contribution in [2.75, 3.05) is 13.1 Å². The normalized spacial score (nSPS) is 27.4. The number of piperidine rings is 1. The fraction of sp³-hybridized carbons (Fsp3) is 0.667. The van der Waals surface area contributed by atoms with Gasteiger partial charge in [-0.3, -0.25) is 9.59 Å². The zero-order valence-electron chi connectivity index (χ0n) is 14.7. The summed E-state index contributed by atoms with van der Waals surface area (Å²) in [4.78, 5) is 26.9. The molecule has 2 amide bonds. The molecule has 140 valence electrons. The fourth-order valence-corrected chi connectivity index (χ4v) is 4.53. The molecule has 1 saturated heterocycles. The van der Waals surface area contributed by atoms with Crippen LogP contribution in [0.25, 0.3) is 0 Å². The molecule has 7 heteroatoms. The van der Waals surface area contributed by atoms with Crippen LogP contribution in [0.5, 0.6) is 0 Å². The van der Waals surface area contributed by atoms with Gasteiger partial charge < -0.3 is 16.0 Å². The van der Waals surface area contributed by atoms with Crippen molar-refractivity contribution in [3.05, 3.63) is 22.4 Å². The summed E-state index contributed by atoms with van der Waals surface area (Å²) in [5.74, 6) is 0.147. The molecule has 1 saturated carbocycles. The van der Waals surface area contributed by atoms with Crippen molar-refractivity contribution in [3.8, 4) is 0 Å². The summed E-state index contributed by atoms with van der Waals surface area (Å²) in [6.07, 6.45) is 5.67. The standard InChI is InChI=1S/C18H27N3O2S.ClH/c1-18(19)8-3-2-4-15(18)17(23)21-9-5-14(6-10-21)20-16(22)13-7-11-24-12-13;/h7,11-12,14-15H,2-6,8-10,19H2,1H3,(H,20,22);1H. The summed E-state index contributed by atoms with van der Waals surface area (Å²) in [5, 5.41) is 6.85. The van der Waals surface area contributed by atoms with Gasteiger partial charge in [0, 0.05) is 35.6 Å². The Morgan fingerprint density at radius 3 is 2.60 bits per heavy atom. The van der Waals surface area contributed by atoms with E-state index in [1.165, 1.54) is 11.3 Å². The first kappa shape index (κ1) is 20.2. The quantitative estimate of drug-likeness (QED) is 0.839. The third-order valence-corrected chi connectivity index (χ3v) is 6.16. The highest BCUT2D eigenvalue weighted by Crippen LogP contribution is 2.33. The highest BCUT2D eigenvalue weighted by molar-refractivity contribution is 7.08. The summed E-state index contributed by atoms with van der Waals surface area (Å²) in [6, 6.07) is 1.99. The number of hydrogen-bond donors (Lipinski definition) is 2. The number of nitrogens with zero attached hydrogens (tertiary/aromatic N) is 1. The summed E-state index contributed by atoms with van der Waals surface area (Å²) in [6.45, 7) is 3.43. The molecular formula is C18H28ClN3O2S. The second-order valence-corrected chi connectivity index (χ2v) is 8.17. The van der Waals surface area contributed by atoms with Gasteiger partial charge in [0.15, 0.2) is 0 Å². The minimum atomic E-state index is -0.376. The Balaban J connectivity index is 0.00000225. The number of carbonyl (C=O) groups excluding carboxylic acids is 2. The number of hydrogen-bond acceptors (Lipinski definition) is 4. The van der Waals surface area contributed by atoms with Crippen LogP contribution in [-0.4, -0.2) is 41.4 Å². The molecule has 2 aliphatic rings. The predicted octanol–water partition coefficient (Wildman–Crippen LogP) is 2.80. The van der Waals surface area contributed by atoms with Gasteiger partial charge >= 0.3 is 0 Å². The van der Waals surface area contributed by atoms with Crippen molar-refractivity contribution >= 4 is 35.6 Å². The SMILES string of the molecule is CC1(N)CCCCC1C(=O)N1CCC(NC(=O)c2ccsc2)CC1.Cl. The topological polar surface area (TPSA) is 75.4 Å². The molecule has 5 nitrogen and oxygen atoms in total. The molecule has 2 atom stereocenters. The minimum Gasteiger partial charge on any atom is -0.349 e. The van der Waals surface area contributed by atoms with E-state index in [1.54, 1.807) is 0 Å². The summed E-state index contributed by atoms with van der Waals surface area (Å²) < 4.78 is 0. The number of rotatable bonds is 3. The molecule has 25 heavy (non-hydrogen) atoms. The predicted molar refractivity (Wildman–Crippen MR) is 103 cm³/mol. The van der Waals surface area contributed by atoms with Crippen molar-refractivity contribution in [1.29, 1.82) is 0 Å². The van der Waals surface area contributed by atoms with Crippen LogP contribution in [0.3, 0.4) is 0 Å². The Morgan fingerprint density at radius 1 is 1.28 bits per heavy atom. The average Bonchev–Trinajstić information content (AvgIpc) is 3.09. The van der Waals surface area contributed by atoms with E-state index in [9.17, 15) is 9.59 Å². The molecular weight excluding hydrogens is 358 g/mol. The molecule has 2 unspecified atom stereocenters. The van der Waals surface area contributed by atoms with Crippen LogP contribution in [0.15, 0.2) is 16.8 Å². The summed E-state index contributed by atoms with van der Waals surface area (Å²) >= 11 is 1.52. The monoisotopic (exact) mass is 385 g/mol. The van der Waals surface area contributed by atoms with E-state index in [2.05, 4.69) is 5.32 Å². The fourth-order valence-electron chi connectivity index (χ4n) is 3.89. The van der Waals surface area contributed by atoms with Crippen LogP contribution in [0.4, 0.5) is 0 Å². The maximum atomic E-state index is 12.8. The van der Waals surface area contributed by atoms with Crippen molar-refractivity contribution in [2.24, 2.45) is 11.7 Å². The van der Waals surface area contributed by atoms with Gasteiger partial charge in [0.05, 0.1) is 5.92 Å². The van der Waals surface area contributed by atoms with E-state index < -0.39 is 0 Å². The van der Waals surface area contributed by atoms with E-state index in [-0.39, 0.29) is 41.7 Å². The highest BCUT2D eigenvalue weighted by Gasteiger charge is 2.40. The lowest BCUT2D eigenvalue weighted by molar-refractivity contribution is -0.140. The smallest absolute Gasteiger partial charge is 0.252 e. The lowest BCUT2D eigenvalue weighted by atomic mass is 9.74. The third kappa shape index (κ3) is 4.74. The van der Waals surface area contributed by atoms with Crippen LogP contribution in [0, 0.1) is 5.92 Å². The molecule has 2 fully saturated rings. The van der Waals surface area contributed by atoms with Gasteiger partial charge in [-0.2, -0.15) is 11.3 Å². The lowest BCUT2D eigenvalue weighted by Gasteiger charge is -2.41. The number of carbonyl (C=O) groups is 2. The van der Waals surface area contributed by atoms with Crippen LogP contribution in [-0.2, 0) is 4.79 Å². The first-order valence-corrected chi connectivity index (χ1v) is 9.82. The molecule has 0 radical (unpaired) electrons. The Bertz CT molecular complexity index is 583. The number of halogens is 1. The van der Waals surface area contributed by atoms with Crippen molar-refractivity contribution < 1.29 is 9.59 Å². The molecule has 2 heterocycles. The highest BCUT2D eigenvalue weighted by atomic mass is 35.5. The third-order valence-electron chi connectivity index (χ3n) is 5.48. The Hall–Kier alpha value is -1.11. The van der Waals surface area contributed by atoms with Crippen molar-refractivity contribution in [1.82, 2.24) is 10.2 Å². The van der Waals surface area contributed by atoms with Gasteiger partial charge in [-0.15, -0.1) is 12.4 Å². The van der Waals surface area contributed by atoms with Gasteiger partial charge in [-0.05, 0) is 44.1 Å². The van der Waals surface area contributed by atoms with E-state index in [4.69, 9.17) is 5.73 Å². The molecule has 1 aliphatic heterocycles. The minimum absolute atomic E-state index is 0. The number of nitrogens with one attached hydrogen (secondary N) is 1. The molecule has 3 N–H and O–H groups in total. The maximum Gasteiger partial charge on any atom is 0.252 e. The molecule has 1 aromatic rings. The van der Waals surface area contributed by atoms with E-state index >= 15 is 0 Å². The van der Waals surface area contributed by atoms with Crippen molar-refractivity contribution in [2.45, 2.75) is 57.0 Å². The molecule has 1 aromatic heterocycles. The first-order valence-electron chi connectivity index (χ1n) is 8.88. The first-order chi connectivity index (χ1) is 11.5. The Labute approximate surface area is 159 Å². The summed E-state index contributed by atoms with van der Waals surface area (Å²) in [5.41, 5.74) is 6.72. The van der Waals surface area contributed by atoms with Crippen molar-refractivity contribution in [3.63, 3.8) is 0 Å². The zero-order valence-corrected chi connectivity index (χ0v) is 16.3. The van der Waals surface area contributed by atoms with Crippen LogP contribution in [0.2, 0.25) is 0 Å². The van der Waals surface area contributed by atoms with E-state index in [1.807, 2.05) is 28.7 Å². The molecule has 3 rings (SSSR count). The molecule has 0 aromatic carbocycles. The van der Waals surface area contributed by atoms with Gasteiger partial charge in [-0.25, -0.2) is 0 Å². The van der Waals surface area contributed by atoms with Crippen LogP contribution < -0.4 is 11.1 Å². The van der Waals surface area contributed by atoms with Gasteiger partial charge in [-0.1, -0.05) is 12.8 Å². The number of likely N-dealkylation sites (tertiary alicyclic amines) is 1. The zero-order chi connectivity index (χ0) is 17.2. The second-order valence-electron chi connectivity index (χ2n) is 7.39. The second kappa shape index (κ2) is 8.52. The number of amides is 2. The Morgan fingerprint density at radius 2 is 2.00 bits per heavy atom. The van der Waals surface area contributed by atoms with E-state index in [0.29, 0.717) is 13.1 Å². The molecule has 0 spiro atoms. The maximum absolute atomic E-state index is 12.8. The largest absolute Gasteiger partial charge is 0.349 e. The molecule has 1 aliphatic carbocycles. The van der Waals surface area contributed by atoms with Crippen LogP contribution in [0.1, 0.15) is 55.8 Å². The summed E-state index contributed by atoms with van der Waals surface area (Å²) in [7, 11) is 0. The van der Waals surface area contributed by atoms with Crippen LogP contribution >= 0.6 is 23.7 Å². The van der Waals surface area contributed by atoms with Gasteiger partial charge in [0.1, 0.15) is 0 Å². The Kier molecular flexibility index (Phi) is 6.88. The molecule has 0 bridgehead atoms. The number of nitrogens with two attached hydrogens (primary N) is 1.